The fraction of sp³-hybridized carbons (Fsp3) is 0.750. The third-order valence-electron chi connectivity index (χ3n) is 2.34. The molecule has 0 atom stereocenters. The van der Waals surface area contributed by atoms with E-state index in [9.17, 15) is 4.79 Å². The summed E-state index contributed by atoms with van der Waals surface area (Å²) in [5.74, 6) is -0.0512. The van der Waals surface area contributed by atoms with Crippen LogP contribution < -0.4 is 11.1 Å². The molecule has 0 bridgehead atoms. The highest BCUT2D eigenvalue weighted by Crippen LogP contribution is 2.29. The third kappa shape index (κ3) is 1.75. The van der Waals surface area contributed by atoms with Gasteiger partial charge in [0.2, 0.25) is 5.91 Å². The van der Waals surface area contributed by atoms with Crippen LogP contribution in [0.2, 0.25) is 0 Å². The molecule has 1 aliphatic rings. The lowest BCUT2D eigenvalue weighted by Crippen LogP contribution is -2.54. The number of amides is 1. The summed E-state index contributed by atoms with van der Waals surface area (Å²) in [6.07, 6.45) is 3.97. The van der Waals surface area contributed by atoms with Crippen LogP contribution in [-0.2, 0) is 4.79 Å². The summed E-state index contributed by atoms with van der Waals surface area (Å²) in [4.78, 5) is 11.3. The van der Waals surface area contributed by atoms with E-state index in [1.165, 1.54) is 6.92 Å². The molecule has 0 aromatic carbocycles. The number of rotatable bonds is 2. The van der Waals surface area contributed by atoms with Gasteiger partial charge in [-0.25, -0.2) is 0 Å². The Morgan fingerprint density at radius 3 is 2.33 bits per heavy atom. The van der Waals surface area contributed by atoms with Gasteiger partial charge in [-0.15, -0.1) is 0 Å². The quantitative estimate of drug-likeness (QED) is 0.625. The van der Waals surface area contributed by atoms with Crippen molar-refractivity contribution >= 4 is 23.1 Å². The van der Waals surface area contributed by atoms with Crippen molar-refractivity contribution in [3.05, 3.63) is 0 Å². The molecule has 0 heterocycles. The van der Waals surface area contributed by atoms with Crippen LogP contribution in [0.1, 0.15) is 32.6 Å². The molecule has 1 amide bonds. The van der Waals surface area contributed by atoms with Gasteiger partial charge in [0.1, 0.15) is 0 Å². The van der Waals surface area contributed by atoms with Crippen molar-refractivity contribution in [3.63, 3.8) is 0 Å². The van der Waals surface area contributed by atoms with Gasteiger partial charge in [-0.2, -0.15) is 0 Å². The van der Waals surface area contributed by atoms with E-state index in [0.717, 1.165) is 25.7 Å². The molecule has 0 aliphatic heterocycles. The maximum atomic E-state index is 10.9. The molecule has 0 spiro atoms. The minimum Gasteiger partial charge on any atom is -0.391 e. The van der Waals surface area contributed by atoms with Gasteiger partial charge in [-0.3, -0.25) is 4.79 Å². The summed E-state index contributed by atoms with van der Waals surface area (Å²) in [6.45, 7) is 1.50. The standard InChI is InChI=1S/C8H14N2OS/c1-6(11)10-8(7(9)12)4-2-3-5-8/h2-5H2,1H3,(H2,9,12)(H,10,11). The molecular weight excluding hydrogens is 172 g/mol. The monoisotopic (exact) mass is 186 g/mol. The third-order valence-corrected chi connectivity index (χ3v) is 2.73. The molecule has 1 fully saturated rings. The number of hydrogen-bond donors (Lipinski definition) is 2. The fourth-order valence-electron chi connectivity index (χ4n) is 1.75. The molecule has 3 N–H and O–H groups in total. The van der Waals surface area contributed by atoms with E-state index in [4.69, 9.17) is 18.0 Å². The number of carbonyl (C=O) groups is 1. The van der Waals surface area contributed by atoms with E-state index in [1.807, 2.05) is 0 Å². The molecule has 0 unspecified atom stereocenters. The van der Waals surface area contributed by atoms with Crippen molar-refractivity contribution in [2.24, 2.45) is 5.73 Å². The van der Waals surface area contributed by atoms with Gasteiger partial charge in [0.15, 0.2) is 0 Å². The lowest BCUT2D eigenvalue weighted by Gasteiger charge is -2.28. The smallest absolute Gasteiger partial charge is 0.217 e. The molecule has 12 heavy (non-hydrogen) atoms. The topological polar surface area (TPSA) is 55.1 Å². The second kappa shape index (κ2) is 3.39. The van der Waals surface area contributed by atoms with Crippen molar-refractivity contribution in [1.82, 2.24) is 5.32 Å². The molecule has 1 saturated carbocycles. The maximum Gasteiger partial charge on any atom is 0.217 e. The summed E-state index contributed by atoms with van der Waals surface area (Å²) >= 11 is 4.95. The first kappa shape index (κ1) is 9.45. The van der Waals surface area contributed by atoms with Crippen molar-refractivity contribution in [3.8, 4) is 0 Å². The van der Waals surface area contributed by atoms with Crippen LogP contribution in [-0.4, -0.2) is 16.4 Å². The molecule has 0 radical (unpaired) electrons. The minimum absolute atomic E-state index is 0.0512. The zero-order chi connectivity index (χ0) is 9.19. The lowest BCUT2D eigenvalue weighted by molar-refractivity contribution is -0.120. The molecule has 4 heteroatoms. The van der Waals surface area contributed by atoms with E-state index in [0.29, 0.717) is 4.99 Å². The van der Waals surface area contributed by atoms with Gasteiger partial charge < -0.3 is 11.1 Å². The fourth-order valence-corrected chi connectivity index (χ4v) is 2.00. The van der Waals surface area contributed by atoms with Crippen molar-refractivity contribution in [2.75, 3.05) is 0 Å². The Kier molecular flexibility index (Phi) is 2.67. The summed E-state index contributed by atoms with van der Waals surface area (Å²) < 4.78 is 0. The molecule has 0 aromatic rings. The summed E-state index contributed by atoms with van der Waals surface area (Å²) in [5, 5.41) is 2.85. The second-order valence-electron chi connectivity index (χ2n) is 3.33. The van der Waals surface area contributed by atoms with Crippen LogP contribution in [0.4, 0.5) is 0 Å². The lowest BCUT2D eigenvalue weighted by atomic mass is 9.98. The molecule has 0 aromatic heterocycles. The van der Waals surface area contributed by atoms with Gasteiger partial charge >= 0.3 is 0 Å². The molecule has 0 saturated heterocycles. The Morgan fingerprint density at radius 1 is 1.50 bits per heavy atom. The molecular formula is C8H14N2OS. The number of carbonyl (C=O) groups excluding carboxylic acids is 1. The Balaban J connectivity index is 2.72. The highest BCUT2D eigenvalue weighted by atomic mass is 32.1. The van der Waals surface area contributed by atoms with Gasteiger partial charge in [0, 0.05) is 6.92 Å². The SMILES string of the molecule is CC(=O)NC1(C(N)=S)CCCC1. The van der Waals surface area contributed by atoms with Crippen LogP contribution >= 0.6 is 12.2 Å². The first-order valence-electron chi connectivity index (χ1n) is 4.15. The Hall–Kier alpha value is -0.640. The van der Waals surface area contributed by atoms with Crippen molar-refractivity contribution in [1.29, 1.82) is 0 Å². The van der Waals surface area contributed by atoms with Crippen LogP contribution in [0.25, 0.3) is 0 Å². The zero-order valence-corrected chi connectivity index (χ0v) is 8.04. The second-order valence-corrected chi connectivity index (χ2v) is 3.77. The Bertz CT molecular complexity index is 209. The number of nitrogens with two attached hydrogens (primary N) is 1. The molecule has 3 nitrogen and oxygen atoms in total. The maximum absolute atomic E-state index is 10.9. The van der Waals surface area contributed by atoms with Crippen LogP contribution in [0.15, 0.2) is 0 Å². The van der Waals surface area contributed by atoms with E-state index in [1.54, 1.807) is 0 Å². The molecule has 1 rings (SSSR count). The Morgan fingerprint density at radius 2 is 2.00 bits per heavy atom. The highest BCUT2D eigenvalue weighted by Gasteiger charge is 2.37. The predicted molar refractivity (Wildman–Crippen MR) is 51.8 cm³/mol. The van der Waals surface area contributed by atoms with E-state index in [-0.39, 0.29) is 11.4 Å². The van der Waals surface area contributed by atoms with Crippen molar-refractivity contribution in [2.45, 2.75) is 38.1 Å². The predicted octanol–water partition coefficient (Wildman–Crippen LogP) is 0.721. The summed E-state index contributed by atoms with van der Waals surface area (Å²) in [6, 6.07) is 0. The van der Waals surface area contributed by atoms with Gasteiger partial charge in [-0.1, -0.05) is 25.1 Å². The molecule has 1 aliphatic carbocycles. The minimum atomic E-state index is -0.374. The number of nitrogens with one attached hydrogen (secondary N) is 1. The van der Waals surface area contributed by atoms with Gasteiger partial charge in [-0.05, 0) is 12.8 Å². The van der Waals surface area contributed by atoms with Crippen LogP contribution in [0.3, 0.4) is 0 Å². The zero-order valence-electron chi connectivity index (χ0n) is 7.22. The number of thiocarbonyl (C=S) groups is 1. The Labute approximate surface area is 77.7 Å². The normalized spacial score (nSPS) is 20.4. The first-order valence-corrected chi connectivity index (χ1v) is 4.56. The van der Waals surface area contributed by atoms with E-state index < -0.39 is 0 Å². The largest absolute Gasteiger partial charge is 0.391 e. The summed E-state index contributed by atoms with van der Waals surface area (Å²) in [7, 11) is 0. The van der Waals surface area contributed by atoms with Crippen LogP contribution in [0, 0.1) is 0 Å². The first-order chi connectivity index (χ1) is 5.57. The number of hydrogen-bond acceptors (Lipinski definition) is 2. The molecule has 68 valence electrons. The van der Waals surface area contributed by atoms with E-state index >= 15 is 0 Å². The average molecular weight is 186 g/mol. The highest BCUT2D eigenvalue weighted by molar-refractivity contribution is 7.80. The van der Waals surface area contributed by atoms with Gasteiger partial charge in [0.25, 0.3) is 0 Å². The van der Waals surface area contributed by atoms with Crippen LogP contribution in [0.5, 0.6) is 0 Å². The van der Waals surface area contributed by atoms with E-state index in [2.05, 4.69) is 5.32 Å². The van der Waals surface area contributed by atoms with Gasteiger partial charge in [0.05, 0.1) is 10.5 Å². The van der Waals surface area contributed by atoms with Crippen molar-refractivity contribution < 1.29 is 4.79 Å². The summed E-state index contributed by atoms with van der Waals surface area (Å²) in [5.41, 5.74) is 5.22. The average Bonchev–Trinajstić information content (AvgIpc) is 2.35.